The minimum atomic E-state index is -0.999. The van der Waals surface area contributed by atoms with E-state index in [-0.39, 0.29) is 17.0 Å². The van der Waals surface area contributed by atoms with Crippen LogP contribution in [-0.4, -0.2) is 39.3 Å². The van der Waals surface area contributed by atoms with Gasteiger partial charge in [-0.15, -0.1) is 0 Å². The van der Waals surface area contributed by atoms with Gasteiger partial charge in [0.05, 0.1) is 17.5 Å². The molecule has 0 aromatic carbocycles. The third-order valence-electron chi connectivity index (χ3n) is 3.46. The van der Waals surface area contributed by atoms with Crippen LogP contribution in [0.5, 0.6) is 0 Å². The van der Waals surface area contributed by atoms with Crippen LogP contribution in [0, 0.1) is 0 Å². The van der Waals surface area contributed by atoms with E-state index in [1.54, 1.807) is 0 Å². The van der Waals surface area contributed by atoms with Crippen LogP contribution in [0.4, 0.5) is 4.79 Å². The molecule has 3 unspecified atom stereocenters. The molecule has 2 aliphatic rings. The standard InChI is InChI=1S/C11H18BrNO3/c1-2-3-4-5-8(12)11(15)9-6-7-16-10(14)13(9)11/h8-9,15H,2-7H2,1H3. The molecule has 0 aliphatic carbocycles. The number of rotatable bonds is 5. The summed E-state index contributed by atoms with van der Waals surface area (Å²) in [5, 5.41) is 10.4. The van der Waals surface area contributed by atoms with Gasteiger partial charge in [0, 0.05) is 6.42 Å². The first-order valence-electron chi connectivity index (χ1n) is 5.95. The zero-order valence-corrected chi connectivity index (χ0v) is 11.1. The Hall–Kier alpha value is -0.290. The molecule has 5 heteroatoms. The Morgan fingerprint density at radius 1 is 1.69 bits per heavy atom. The van der Waals surface area contributed by atoms with E-state index in [1.165, 1.54) is 4.90 Å². The second-order valence-electron chi connectivity index (χ2n) is 4.54. The number of nitrogens with zero attached hydrogens (tertiary/aromatic N) is 1. The van der Waals surface area contributed by atoms with Crippen LogP contribution >= 0.6 is 15.9 Å². The summed E-state index contributed by atoms with van der Waals surface area (Å²) in [5.74, 6) is 0. The van der Waals surface area contributed by atoms with Crippen molar-refractivity contribution in [3.63, 3.8) is 0 Å². The molecule has 1 N–H and O–H groups in total. The number of carbonyl (C=O) groups is 1. The van der Waals surface area contributed by atoms with E-state index in [0.717, 1.165) is 32.1 Å². The Labute approximate surface area is 104 Å². The molecule has 1 amide bonds. The number of carbonyl (C=O) groups excluding carboxylic acids is 1. The van der Waals surface area contributed by atoms with Crippen molar-refractivity contribution in [2.75, 3.05) is 6.61 Å². The van der Waals surface area contributed by atoms with Crippen molar-refractivity contribution < 1.29 is 14.6 Å². The maximum atomic E-state index is 11.4. The quantitative estimate of drug-likeness (QED) is 0.480. The van der Waals surface area contributed by atoms with Gasteiger partial charge in [-0.1, -0.05) is 42.1 Å². The zero-order chi connectivity index (χ0) is 11.8. The molecule has 2 fully saturated rings. The fraction of sp³-hybridized carbons (Fsp3) is 0.909. The molecule has 0 saturated carbocycles. The van der Waals surface area contributed by atoms with Crippen molar-refractivity contribution in [1.29, 1.82) is 0 Å². The lowest BCUT2D eigenvalue weighted by Gasteiger charge is -2.16. The summed E-state index contributed by atoms with van der Waals surface area (Å²) in [5.41, 5.74) is -0.999. The largest absolute Gasteiger partial charge is 0.449 e. The van der Waals surface area contributed by atoms with E-state index in [0.29, 0.717) is 6.61 Å². The number of fused-ring (bicyclic) bond motifs is 1. The molecule has 0 aromatic heterocycles. The molecule has 2 aliphatic heterocycles. The molecule has 0 radical (unpaired) electrons. The SMILES string of the molecule is CCCCCC(Br)C1(O)C2CCOC(=O)N21. The maximum Gasteiger partial charge on any atom is 0.412 e. The highest BCUT2D eigenvalue weighted by atomic mass is 79.9. The summed E-state index contributed by atoms with van der Waals surface area (Å²) in [6, 6.07) is -0.0419. The topological polar surface area (TPSA) is 49.5 Å². The molecule has 16 heavy (non-hydrogen) atoms. The highest BCUT2D eigenvalue weighted by molar-refractivity contribution is 9.09. The van der Waals surface area contributed by atoms with E-state index in [2.05, 4.69) is 22.9 Å². The van der Waals surface area contributed by atoms with Gasteiger partial charge in [0.25, 0.3) is 0 Å². The van der Waals surface area contributed by atoms with Gasteiger partial charge in [0.15, 0.2) is 5.72 Å². The lowest BCUT2D eigenvalue weighted by atomic mass is 10.1. The Morgan fingerprint density at radius 2 is 2.44 bits per heavy atom. The number of hydrogen-bond donors (Lipinski definition) is 1. The van der Waals surface area contributed by atoms with Crippen LogP contribution in [0.3, 0.4) is 0 Å². The number of halogens is 1. The lowest BCUT2D eigenvalue weighted by molar-refractivity contribution is 0.0678. The Kier molecular flexibility index (Phi) is 3.45. The third kappa shape index (κ3) is 1.84. The van der Waals surface area contributed by atoms with Crippen molar-refractivity contribution in [3.8, 4) is 0 Å². The van der Waals surface area contributed by atoms with Crippen LogP contribution < -0.4 is 0 Å². The van der Waals surface area contributed by atoms with Gasteiger partial charge >= 0.3 is 6.09 Å². The van der Waals surface area contributed by atoms with E-state index in [9.17, 15) is 9.90 Å². The Morgan fingerprint density at radius 3 is 3.06 bits per heavy atom. The van der Waals surface area contributed by atoms with Crippen molar-refractivity contribution in [3.05, 3.63) is 0 Å². The average Bonchev–Trinajstić information content (AvgIpc) is 2.88. The van der Waals surface area contributed by atoms with E-state index >= 15 is 0 Å². The maximum absolute atomic E-state index is 11.4. The number of unbranched alkanes of at least 4 members (excludes halogenated alkanes) is 2. The number of ether oxygens (including phenoxy) is 1. The van der Waals surface area contributed by atoms with Gasteiger partial charge in [0.2, 0.25) is 0 Å². The summed E-state index contributed by atoms with van der Waals surface area (Å²) in [6.07, 6.45) is 4.65. The molecule has 0 aromatic rings. The van der Waals surface area contributed by atoms with Gasteiger partial charge in [-0.25, -0.2) is 4.79 Å². The van der Waals surface area contributed by atoms with Crippen molar-refractivity contribution in [1.82, 2.24) is 4.90 Å². The predicted molar refractivity (Wildman–Crippen MR) is 63.4 cm³/mol. The van der Waals surface area contributed by atoms with Crippen LogP contribution in [0.2, 0.25) is 0 Å². The van der Waals surface area contributed by atoms with Gasteiger partial charge < -0.3 is 9.84 Å². The summed E-state index contributed by atoms with van der Waals surface area (Å²) >= 11 is 3.51. The molecular formula is C11H18BrNO3. The number of amides is 1. The van der Waals surface area contributed by atoms with Crippen LogP contribution in [-0.2, 0) is 4.74 Å². The summed E-state index contributed by atoms with van der Waals surface area (Å²) in [4.78, 5) is 12.8. The van der Waals surface area contributed by atoms with E-state index in [1.807, 2.05) is 0 Å². The number of cyclic esters (lactones) is 1. The summed E-state index contributed by atoms with van der Waals surface area (Å²) < 4.78 is 4.91. The second kappa shape index (κ2) is 4.53. The Bertz CT molecular complexity index is 286. The van der Waals surface area contributed by atoms with Crippen molar-refractivity contribution >= 4 is 22.0 Å². The monoisotopic (exact) mass is 291 g/mol. The summed E-state index contributed by atoms with van der Waals surface area (Å²) in [6.45, 7) is 2.58. The van der Waals surface area contributed by atoms with Crippen LogP contribution in [0.1, 0.15) is 39.0 Å². The molecule has 3 atom stereocenters. The second-order valence-corrected chi connectivity index (χ2v) is 5.64. The van der Waals surface area contributed by atoms with Crippen molar-refractivity contribution in [2.24, 2.45) is 0 Å². The molecule has 0 bridgehead atoms. The molecule has 2 saturated heterocycles. The summed E-state index contributed by atoms with van der Waals surface area (Å²) in [7, 11) is 0. The third-order valence-corrected chi connectivity index (χ3v) is 4.59. The fourth-order valence-electron chi connectivity index (χ4n) is 2.44. The van der Waals surface area contributed by atoms with Gasteiger partial charge in [0.1, 0.15) is 0 Å². The minimum Gasteiger partial charge on any atom is -0.449 e. The first-order chi connectivity index (χ1) is 7.62. The lowest BCUT2D eigenvalue weighted by Crippen LogP contribution is -2.32. The molecule has 0 spiro atoms. The number of hydrogen-bond acceptors (Lipinski definition) is 3. The first kappa shape index (κ1) is 12.2. The number of alkyl halides is 1. The predicted octanol–water partition coefficient (Wildman–Crippen LogP) is 2.24. The molecule has 2 heterocycles. The van der Waals surface area contributed by atoms with Gasteiger partial charge in [-0.3, -0.25) is 4.90 Å². The smallest absolute Gasteiger partial charge is 0.412 e. The molecule has 92 valence electrons. The average molecular weight is 292 g/mol. The molecule has 4 nitrogen and oxygen atoms in total. The first-order valence-corrected chi connectivity index (χ1v) is 6.86. The Balaban J connectivity index is 1.91. The minimum absolute atomic E-state index is 0.0396. The van der Waals surface area contributed by atoms with Crippen molar-refractivity contribution in [2.45, 2.75) is 55.6 Å². The highest BCUT2D eigenvalue weighted by Gasteiger charge is 2.69. The van der Waals surface area contributed by atoms with E-state index in [4.69, 9.17) is 4.74 Å². The molecular weight excluding hydrogens is 274 g/mol. The van der Waals surface area contributed by atoms with Crippen LogP contribution in [0.25, 0.3) is 0 Å². The molecule has 2 rings (SSSR count). The van der Waals surface area contributed by atoms with Gasteiger partial charge in [-0.2, -0.15) is 0 Å². The fourth-order valence-corrected chi connectivity index (χ4v) is 3.29. The van der Waals surface area contributed by atoms with Crippen LogP contribution in [0.15, 0.2) is 0 Å². The number of aliphatic hydroxyl groups is 1. The normalized spacial score (nSPS) is 34.3. The van der Waals surface area contributed by atoms with Gasteiger partial charge in [-0.05, 0) is 6.42 Å². The van der Waals surface area contributed by atoms with E-state index < -0.39 is 5.72 Å². The zero-order valence-electron chi connectivity index (χ0n) is 9.49. The highest BCUT2D eigenvalue weighted by Crippen LogP contribution is 2.49.